The number of halogens is 3. The van der Waals surface area contributed by atoms with Gasteiger partial charge in [0.25, 0.3) is 0 Å². The topological polar surface area (TPSA) is 109 Å². The van der Waals surface area contributed by atoms with Gasteiger partial charge in [-0.25, -0.2) is 9.97 Å². The average Bonchev–Trinajstić information content (AvgIpc) is 2.75. The zero-order chi connectivity index (χ0) is 22.3. The second kappa shape index (κ2) is 9.96. The number of carbonyl (C=O) groups excluding carboxylic acids is 1. The summed E-state index contributed by atoms with van der Waals surface area (Å²) < 4.78 is 41.4. The number of anilines is 2. The van der Waals surface area contributed by atoms with Crippen molar-refractivity contribution in [3.05, 3.63) is 42.7 Å². The van der Waals surface area contributed by atoms with Crippen molar-refractivity contribution >= 4 is 23.5 Å². The van der Waals surface area contributed by atoms with Crippen molar-refractivity contribution in [1.82, 2.24) is 14.9 Å². The van der Waals surface area contributed by atoms with Gasteiger partial charge in [-0.05, 0) is 18.2 Å². The number of amides is 1. The fourth-order valence-corrected chi connectivity index (χ4v) is 3.00. The summed E-state index contributed by atoms with van der Waals surface area (Å²) in [6.45, 7) is 2.42. The Bertz CT molecular complexity index is 901. The number of ether oxygens (including phenoxy) is 1. The molecule has 0 spiro atoms. The van der Waals surface area contributed by atoms with Crippen molar-refractivity contribution in [3.63, 3.8) is 0 Å². The average molecular weight is 437 g/mol. The molecule has 1 aromatic heterocycles. The first-order valence-electron chi connectivity index (χ1n) is 9.53. The third kappa shape index (κ3) is 6.73. The van der Waals surface area contributed by atoms with Crippen LogP contribution in [0.15, 0.2) is 47.7 Å². The lowest BCUT2D eigenvalue weighted by atomic mass is 10.3. The first-order valence-corrected chi connectivity index (χ1v) is 9.53. The quantitative estimate of drug-likeness (QED) is 0.524. The number of piperazine rings is 1. The van der Waals surface area contributed by atoms with E-state index in [0.29, 0.717) is 32.1 Å². The third-order valence-electron chi connectivity index (χ3n) is 4.45. The van der Waals surface area contributed by atoms with Crippen molar-refractivity contribution < 1.29 is 22.7 Å². The van der Waals surface area contributed by atoms with Gasteiger partial charge in [-0.1, -0.05) is 12.1 Å². The van der Waals surface area contributed by atoms with E-state index in [1.165, 1.54) is 18.2 Å². The number of para-hydroxylation sites is 2. The van der Waals surface area contributed by atoms with Crippen LogP contribution >= 0.6 is 0 Å². The Hall–Kier alpha value is -3.57. The van der Waals surface area contributed by atoms with Crippen LogP contribution in [0, 0.1) is 0 Å². The van der Waals surface area contributed by atoms with Gasteiger partial charge in [-0.2, -0.15) is 0 Å². The first kappa shape index (κ1) is 22.1. The molecule has 31 heavy (non-hydrogen) atoms. The summed E-state index contributed by atoms with van der Waals surface area (Å²) in [6.07, 6.45) is -1.36. The summed E-state index contributed by atoms with van der Waals surface area (Å²) in [6, 6.07) is 7.22. The van der Waals surface area contributed by atoms with Gasteiger partial charge >= 0.3 is 6.36 Å². The maximum atomic E-state index is 12.5. The molecule has 0 atom stereocenters. The second-order valence-corrected chi connectivity index (χ2v) is 6.60. The minimum absolute atomic E-state index is 0.0201. The fraction of sp³-hybridized carbons (Fsp3) is 0.368. The van der Waals surface area contributed by atoms with Crippen LogP contribution in [0.4, 0.5) is 24.8 Å². The lowest BCUT2D eigenvalue weighted by molar-refractivity contribution is -0.274. The molecule has 0 unspecified atom stereocenters. The minimum Gasteiger partial charge on any atom is -0.404 e. The molecule has 3 rings (SSSR count). The highest BCUT2D eigenvalue weighted by Crippen LogP contribution is 2.29. The molecule has 3 N–H and O–H groups in total. The van der Waals surface area contributed by atoms with Crippen molar-refractivity contribution in [2.45, 2.75) is 12.8 Å². The molecular formula is C19H22F3N7O2. The van der Waals surface area contributed by atoms with Crippen LogP contribution in [-0.2, 0) is 4.79 Å². The summed E-state index contributed by atoms with van der Waals surface area (Å²) in [5.41, 5.74) is 5.76. The van der Waals surface area contributed by atoms with E-state index in [1.54, 1.807) is 23.4 Å². The molecule has 2 aromatic rings. The van der Waals surface area contributed by atoms with Crippen LogP contribution in [-0.4, -0.2) is 65.8 Å². The molecule has 1 fully saturated rings. The Kier molecular flexibility index (Phi) is 7.11. The molecule has 0 saturated carbocycles. The number of nitrogens with one attached hydrogen (secondary N) is 1. The Morgan fingerprint density at radius 3 is 2.48 bits per heavy atom. The van der Waals surface area contributed by atoms with E-state index < -0.39 is 12.1 Å². The van der Waals surface area contributed by atoms with Crippen LogP contribution in [0.5, 0.6) is 5.75 Å². The number of nitrogens with zero attached hydrogens (tertiary/aromatic N) is 5. The molecule has 12 heteroatoms. The lowest BCUT2D eigenvalue weighted by Gasteiger charge is -2.34. The highest BCUT2D eigenvalue weighted by atomic mass is 19.4. The minimum atomic E-state index is -4.83. The highest BCUT2D eigenvalue weighted by Gasteiger charge is 2.32. The van der Waals surface area contributed by atoms with Crippen LogP contribution in [0.2, 0.25) is 0 Å². The second-order valence-electron chi connectivity index (χ2n) is 6.60. The van der Waals surface area contributed by atoms with Crippen molar-refractivity contribution in [2.24, 2.45) is 10.7 Å². The number of hydrogen-bond donors (Lipinski definition) is 2. The van der Waals surface area contributed by atoms with E-state index in [1.807, 2.05) is 4.90 Å². The predicted molar refractivity (Wildman–Crippen MR) is 109 cm³/mol. The van der Waals surface area contributed by atoms with E-state index in [2.05, 4.69) is 25.0 Å². The van der Waals surface area contributed by atoms with E-state index in [9.17, 15) is 18.0 Å². The van der Waals surface area contributed by atoms with Gasteiger partial charge in [-0.15, -0.1) is 13.2 Å². The maximum absolute atomic E-state index is 12.5. The summed E-state index contributed by atoms with van der Waals surface area (Å²) in [5, 5.41) is 2.57. The molecular weight excluding hydrogens is 415 g/mol. The Labute approximate surface area is 176 Å². The molecule has 1 amide bonds. The Balaban J connectivity index is 1.46. The summed E-state index contributed by atoms with van der Waals surface area (Å²) >= 11 is 0. The lowest BCUT2D eigenvalue weighted by Crippen LogP contribution is -2.49. The summed E-state index contributed by atoms with van der Waals surface area (Å²) in [5.74, 6) is 0.0142. The number of carbonyl (C=O) groups is 1. The number of benzene rings is 1. The SMILES string of the molecule is NC(=NCCC(=O)N1CCN(c2ncccn2)CC1)Nc1ccccc1OC(F)(F)F. The largest absolute Gasteiger partial charge is 0.573 e. The number of aromatic nitrogens is 2. The standard InChI is InChI=1S/C19H22F3N7O2/c20-19(21,22)31-15-5-2-1-4-14(15)27-17(23)24-9-6-16(30)28-10-12-29(13-11-28)18-25-7-3-8-26-18/h1-5,7-8H,6,9-13H2,(H3,23,24,27). The molecule has 1 saturated heterocycles. The first-order chi connectivity index (χ1) is 14.8. The normalized spacial score (nSPS) is 15.0. The molecule has 0 bridgehead atoms. The molecule has 0 aliphatic carbocycles. The van der Waals surface area contributed by atoms with Gasteiger partial charge in [0.1, 0.15) is 0 Å². The van der Waals surface area contributed by atoms with Crippen LogP contribution in [0.1, 0.15) is 6.42 Å². The zero-order valence-corrected chi connectivity index (χ0v) is 16.5. The van der Waals surface area contributed by atoms with Crippen molar-refractivity contribution in [3.8, 4) is 5.75 Å². The number of rotatable bonds is 6. The monoisotopic (exact) mass is 437 g/mol. The van der Waals surface area contributed by atoms with Crippen molar-refractivity contribution in [2.75, 3.05) is 42.9 Å². The van der Waals surface area contributed by atoms with Crippen LogP contribution in [0.25, 0.3) is 0 Å². The number of guanidine groups is 1. The molecule has 2 heterocycles. The molecule has 166 valence electrons. The molecule has 9 nitrogen and oxygen atoms in total. The summed E-state index contributed by atoms with van der Waals surface area (Å²) in [4.78, 5) is 28.6. The van der Waals surface area contributed by atoms with Crippen molar-refractivity contribution in [1.29, 1.82) is 0 Å². The highest BCUT2D eigenvalue weighted by molar-refractivity contribution is 5.93. The number of aliphatic imine (C=N–C) groups is 1. The van der Waals surface area contributed by atoms with Crippen LogP contribution in [0.3, 0.4) is 0 Å². The van der Waals surface area contributed by atoms with Gasteiger partial charge in [0.15, 0.2) is 11.7 Å². The van der Waals surface area contributed by atoms with Crippen LogP contribution < -0.4 is 20.7 Å². The van der Waals surface area contributed by atoms with E-state index in [-0.39, 0.29) is 30.5 Å². The Morgan fingerprint density at radius 2 is 1.81 bits per heavy atom. The number of hydrogen-bond acceptors (Lipinski definition) is 6. The van der Waals surface area contributed by atoms with Gasteiger partial charge in [0, 0.05) is 45.0 Å². The Morgan fingerprint density at radius 1 is 1.13 bits per heavy atom. The zero-order valence-electron chi connectivity index (χ0n) is 16.5. The van der Waals surface area contributed by atoms with E-state index in [4.69, 9.17) is 5.73 Å². The van der Waals surface area contributed by atoms with E-state index in [0.717, 1.165) is 6.07 Å². The number of nitrogens with two attached hydrogens (primary N) is 1. The third-order valence-corrected chi connectivity index (χ3v) is 4.45. The van der Waals surface area contributed by atoms with Gasteiger partial charge < -0.3 is 25.6 Å². The summed E-state index contributed by atoms with van der Waals surface area (Å²) in [7, 11) is 0. The fourth-order valence-electron chi connectivity index (χ4n) is 3.00. The molecule has 1 aliphatic heterocycles. The van der Waals surface area contributed by atoms with Gasteiger partial charge in [0.2, 0.25) is 11.9 Å². The van der Waals surface area contributed by atoms with Gasteiger partial charge in [0.05, 0.1) is 12.2 Å². The van der Waals surface area contributed by atoms with E-state index >= 15 is 0 Å². The molecule has 1 aliphatic rings. The predicted octanol–water partition coefficient (Wildman–Crippen LogP) is 1.84. The van der Waals surface area contributed by atoms with Gasteiger partial charge in [-0.3, -0.25) is 9.79 Å². The molecule has 1 aromatic carbocycles. The smallest absolute Gasteiger partial charge is 0.404 e. The number of alkyl halides is 3. The maximum Gasteiger partial charge on any atom is 0.573 e. The molecule has 0 radical (unpaired) electrons.